The van der Waals surface area contributed by atoms with Crippen LogP contribution in [0.25, 0.3) is 0 Å². The number of likely N-dealkylation sites (tertiary alicyclic amines) is 1. The van der Waals surface area contributed by atoms with Crippen molar-refractivity contribution in [3.63, 3.8) is 0 Å². The molecule has 1 heterocycles. The molecule has 7 nitrogen and oxygen atoms in total. The number of nitrogens with one attached hydrogen (secondary N) is 2. The van der Waals surface area contributed by atoms with Crippen LogP contribution in [-0.4, -0.2) is 60.1 Å². The quantitative estimate of drug-likeness (QED) is 0.267. The van der Waals surface area contributed by atoms with Crippen molar-refractivity contribution in [2.24, 2.45) is 45.3 Å². The SMILES string of the molecule is C[C@]12CC[C@H](OCCN3CCCC3)C[C@H]1CC[C@@H]1[C@@H]2CC[C@]2(C)[C@@H](/C=N\NC(=N)N)CC[C@]12O. The number of aliphatic hydroxyl groups is 1. The van der Waals surface area contributed by atoms with Crippen LogP contribution in [0.1, 0.15) is 84.5 Å². The Balaban J connectivity index is 1.23. The summed E-state index contributed by atoms with van der Waals surface area (Å²) in [6.07, 6.45) is 15.1. The number of fused-ring (bicyclic) bond motifs is 5. The second kappa shape index (κ2) is 9.36. The minimum Gasteiger partial charge on any atom is -0.389 e. The van der Waals surface area contributed by atoms with Crippen LogP contribution in [0.15, 0.2) is 5.10 Å². The third-order valence-corrected chi connectivity index (χ3v) is 11.3. The lowest BCUT2D eigenvalue weighted by atomic mass is 9.43. The van der Waals surface area contributed by atoms with Gasteiger partial charge in [-0.05, 0) is 107 Å². The van der Waals surface area contributed by atoms with Crippen LogP contribution in [0.5, 0.6) is 0 Å². The van der Waals surface area contributed by atoms with Gasteiger partial charge >= 0.3 is 0 Å². The molecule has 8 atom stereocenters. The highest BCUT2D eigenvalue weighted by molar-refractivity contribution is 5.75. The van der Waals surface area contributed by atoms with E-state index in [4.69, 9.17) is 15.9 Å². The standard InChI is InChI=1S/C27H47N5O2/c1-25-10-8-21(34-16-15-32-13-3-4-14-32)17-19(25)5-6-23-22(25)9-11-26(2)20(7-12-27(23,26)33)18-30-31-24(28)29/h18-23,33H,3-17H2,1-2H3,(H4,28,29,31)/b30-18-/t19-,20-,21+,22+,23-,25+,26-,27+/m1/s1. The molecule has 1 aliphatic heterocycles. The summed E-state index contributed by atoms with van der Waals surface area (Å²) < 4.78 is 6.41. The fourth-order valence-corrected chi connectivity index (χ4v) is 9.17. The number of nitrogens with two attached hydrogens (primary N) is 1. The zero-order valence-electron chi connectivity index (χ0n) is 21.4. The second-order valence-electron chi connectivity index (χ2n) is 12.6. The van der Waals surface area contributed by atoms with E-state index in [0.29, 0.717) is 23.4 Å². The molecule has 0 unspecified atom stereocenters. The van der Waals surface area contributed by atoms with Crippen molar-refractivity contribution in [2.45, 2.75) is 96.2 Å². The summed E-state index contributed by atoms with van der Waals surface area (Å²) in [7, 11) is 0. The molecule has 0 aromatic heterocycles. The Bertz CT molecular complexity index is 785. The molecule has 0 spiro atoms. The van der Waals surface area contributed by atoms with Crippen LogP contribution in [0, 0.1) is 39.9 Å². The maximum atomic E-state index is 12.2. The molecule has 7 heteroatoms. The summed E-state index contributed by atoms with van der Waals surface area (Å²) in [5, 5.41) is 23.8. The van der Waals surface area contributed by atoms with E-state index < -0.39 is 5.60 Å². The third kappa shape index (κ3) is 4.09. The minimum absolute atomic E-state index is 0.139. The summed E-state index contributed by atoms with van der Waals surface area (Å²) in [6.45, 7) is 9.33. The van der Waals surface area contributed by atoms with Gasteiger partial charge in [-0.1, -0.05) is 13.8 Å². The lowest BCUT2D eigenvalue weighted by molar-refractivity contribution is -0.207. The number of hydrogen-bond donors (Lipinski definition) is 4. The molecular weight excluding hydrogens is 426 g/mol. The van der Waals surface area contributed by atoms with E-state index >= 15 is 0 Å². The Kier molecular flexibility index (Phi) is 6.75. The van der Waals surface area contributed by atoms with Crippen LogP contribution in [0.4, 0.5) is 0 Å². The minimum atomic E-state index is -0.611. The molecule has 4 aliphatic carbocycles. The van der Waals surface area contributed by atoms with Crippen LogP contribution in [-0.2, 0) is 4.74 Å². The molecule has 5 aliphatic rings. The lowest BCUT2D eigenvalue weighted by Gasteiger charge is -2.63. The number of hydrogen-bond acceptors (Lipinski definition) is 5. The van der Waals surface area contributed by atoms with Crippen LogP contribution >= 0.6 is 0 Å². The smallest absolute Gasteiger partial charge is 0.206 e. The topological polar surface area (TPSA) is 107 Å². The Morgan fingerprint density at radius 3 is 2.68 bits per heavy atom. The maximum Gasteiger partial charge on any atom is 0.206 e. The van der Waals surface area contributed by atoms with Crippen molar-refractivity contribution in [3.8, 4) is 0 Å². The Labute approximate surface area is 205 Å². The second-order valence-corrected chi connectivity index (χ2v) is 12.6. The van der Waals surface area contributed by atoms with Crippen molar-refractivity contribution < 1.29 is 9.84 Å². The van der Waals surface area contributed by atoms with Gasteiger partial charge in [-0.25, -0.2) is 5.43 Å². The summed E-state index contributed by atoms with van der Waals surface area (Å²) in [5.74, 6) is 1.82. The highest BCUT2D eigenvalue weighted by Gasteiger charge is 2.66. The van der Waals surface area contributed by atoms with Crippen molar-refractivity contribution >= 4 is 12.2 Å². The van der Waals surface area contributed by atoms with E-state index in [-0.39, 0.29) is 17.3 Å². The molecule has 0 amide bonds. The highest BCUT2D eigenvalue weighted by atomic mass is 16.5. The fraction of sp³-hybridized carbons (Fsp3) is 0.926. The average molecular weight is 474 g/mol. The van der Waals surface area contributed by atoms with Crippen molar-refractivity contribution in [3.05, 3.63) is 0 Å². The van der Waals surface area contributed by atoms with Gasteiger partial charge in [0.25, 0.3) is 0 Å². The van der Waals surface area contributed by atoms with Crippen molar-refractivity contribution in [1.82, 2.24) is 10.3 Å². The van der Waals surface area contributed by atoms with Gasteiger partial charge in [0.05, 0.1) is 18.3 Å². The Morgan fingerprint density at radius 1 is 1.12 bits per heavy atom. The molecular formula is C27H47N5O2. The molecule has 5 N–H and O–H groups in total. The molecule has 0 aromatic carbocycles. The summed E-state index contributed by atoms with van der Waals surface area (Å²) in [6, 6.07) is 0. The Hall–Kier alpha value is -1.18. The lowest BCUT2D eigenvalue weighted by Crippen LogP contribution is -2.62. The molecule has 0 aromatic rings. The Morgan fingerprint density at radius 2 is 1.91 bits per heavy atom. The molecule has 1 saturated heterocycles. The van der Waals surface area contributed by atoms with Gasteiger partial charge in [-0.15, -0.1) is 0 Å². The van der Waals surface area contributed by atoms with Gasteiger partial charge in [-0.3, -0.25) is 5.41 Å². The van der Waals surface area contributed by atoms with Crippen LogP contribution < -0.4 is 11.2 Å². The average Bonchev–Trinajstić information content (AvgIpc) is 3.40. The van der Waals surface area contributed by atoms with Crippen molar-refractivity contribution in [2.75, 3.05) is 26.2 Å². The summed E-state index contributed by atoms with van der Waals surface area (Å²) >= 11 is 0. The van der Waals surface area contributed by atoms with E-state index in [1.165, 1.54) is 58.0 Å². The van der Waals surface area contributed by atoms with Gasteiger partial charge in [0.1, 0.15) is 0 Å². The molecule has 192 valence electrons. The monoisotopic (exact) mass is 473 g/mol. The van der Waals surface area contributed by atoms with Gasteiger partial charge in [-0.2, -0.15) is 5.10 Å². The highest BCUT2D eigenvalue weighted by Crippen LogP contribution is 2.68. The third-order valence-electron chi connectivity index (χ3n) is 11.3. The first-order valence-electron chi connectivity index (χ1n) is 14.0. The zero-order valence-corrected chi connectivity index (χ0v) is 21.4. The van der Waals surface area contributed by atoms with Crippen LogP contribution in [0.2, 0.25) is 0 Å². The van der Waals surface area contributed by atoms with E-state index in [1.54, 1.807) is 0 Å². The summed E-state index contributed by atoms with van der Waals surface area (Å²) in [4.78, 5) is 2.55. The molecule has 5 fully saturated rings. The number of hydrazone groups is 1. The predicted octanol–water partition coefficient (Wildman–Crippen LogP) is 3.71. The van der Waals surface area contributed by atoms with E-state index in [9.17, 15) is 5.11 Å². The number of guanidine groups is 1. The van der Waals surface area contributed by atoms with Crippen LogP contribution in [0.3, 0.4) is 0 Å². The first kappa shape index (κ1) is 24.5. The van der Waals surface area contributed by atoms with E-state index in [0.717, 1.165) is 44.8 Å². The molecule has 4 saturated carbocycles. The first-order chi connectivity index (χ1) is 16.3. The molecule has 0 radical (unpaired) electrons. The molecule has 0 bridgehead atoms. The normalized spacial score (nSPS) is 46.7. The first-order valence-corrected chi connectivity index (χ1v) is 14.0. The number of rotatable bonds is 6. The number of nitrogens with zero attached hydrogens (tertiary/aromatic N) is 2. The van der Waals surface area contributed by atoms with Gasteiger partial charge in [0.15, 0.2) is 0 Å². The van der Waals surface area contributed by atoms with Gasteiger partial charge in [0, 0.05) is 24.1 Å². The summed E-state index contributed by atoms with van der Waals surface area (Å²) in [5.41, 5.74) is 7.54. The largest absolute Gasteiger partial charge is 0.389 e. The maximum absolute atomic E-state index is 12.2. The van der Waals surface area contributed by atoms with Crippen molar-refractivity contribution in [1.29, 1.82) is 5.41 Å². The molecule has 34 heavy (non-hydrogen) atoms. The fourth-order valence-electron chi connectivity index (χ4n) is 9.17. The van der Waals surface area contributed by atoms with Gasteiger partial charge < -0.3 is 20.5 Å². The van der Waals surface area contributed by atoms with Gasteiger partial charge in [0.2, 0.25) is 5.96 Å². The number of ether oxygens (including phenoxy) is 1. The van der Waals surface area contributed by atoms with E-state index in [1.807, 2.05) is 6.21 Å². The zero-order chi connectivity index (χ0) is 24.0. The predicted molar refractivity (Wildman–Crippen MR) is 136 cm³/mol. The molecule has 5 rings (SSSR count). The van der Waals surface area contributed by atoms with E-state index in [2.05, 4.69) is 29.3 Å².